The highest BCUT2D eigenvalue weighted by Crippen LogP contribution is 2.24. The van der Waals surface area contributed by atoms with Crippen LogP contribution in [0.2, 0.25) is 0 Å². The van der Waals surface area contributed by atoms with Crippen molar-refractivity contribution < 1.29 is 13.2 Å². The number of aromatic nitrogens is 2. The first-order valence-electron chi connectivity index (χ1n) is 9.10. The number of benzene rings is 1. The zero-order valence-electron chi connectivity index (χ0n) is 16.1. The van der Waals surface area contributed by atoms with E-state index in [1.165, 1.54) is 6.26 Å². The summed E-state index contributed by atoms with van der Waals surface area (Å²) < 4.78 is 23.2. The topological polar surface area (TPSA) is 80.2 Å². The van der Waals surface area contributed by atoms with Crippen LogP contribution in [0.15, 0.2) is 35.4 Å². The molecule has 27 heavy (non-hydrogen) atoms. The number of fused-ring (bicyclic) bond motifs is 1. The summed E-state index contributed by atoms with van der Waals surface area (Å²) >= 11 is 0. The van der Waals surface area contributed by atoms with Crippen LogP contribution in [0.4, 0.5) is 0 Å². The van der Waals surface area contributed by atoms with Crippen molar-refractivity contribution in [3.8, 4) is 0 Å². The second kappa shape index (κ2) is 7.38. The van der Waals surface area contributed by atoms with Gasteiger partial charge in [0.1, 0.15) is 5.82 Å². The van der Waals surface area contributed by atoms with Gasteiger partial charge < -0.3 is 4.90 Å². The molecular weight excluding hydrogens is 362 g/mol. The monoisotopic (exact) mass is 387 g/mol. The van der Waals surface area contributed by atoms with Crippen molar-refractivity contribution >= 4 is 15.7 Å². The van der Waals surface area contributed by atoms with Gasteiger partial charge in [0.15, 0.2) is 9.84 Å². The highest BCUT2D eigenvalue weighted by molar-refractivity contribution is 7.90. The number of rotatable bonds is 4. The predicted octanol–water partition coefficient (Wildman–Crippen LogP) is 2.69. The number of hydrogen-bond donors (Lipinski definition) is 0. The van der Waals surface area contributed by atoms with Gasteiger partial charge in [-0.3, -0.25) is 4.79 Å². The summed E-state index contributed by atoms with van der Waals surface area (Å²) in [7, 11) is -3.24. The molecule has 0 spiro atoms. The van der Waals surface area contributed by atoms with Crippen molar-refractivity contribution in [2.45, 2.75) is 50.5 Å². The summed E-state index contributed by atoms with van der Waals surface area (Å²) in [6.07, 6.45) is 3.81. The van der Waals surface area contributed by atoms with Gasteiger partial charge in [-0.2, -0.15) is 0 Å². The molecule has 3 rings (SSSR count). The SMILES string of the molecule is CC(C)c1ncc2c(n1)CN(C(=O)C(C)c1ccc(S(C)(=O)=O)cc1)CC2. The summed E-state index contributed by atoms with van der Waals surface area (Å²) in [4.78, 5) is 24.1. The maximum Gasteiger partial charge on any atom is 0.230 e. The molecule has 0 aliphatic carbocycles. The Hall–Kier alpha value is -2.28. The Bertz CT molecular complexity index is 953. The maximum absolute atomic E-state index is 13.0. The van der Waals surface area contributed by atoms with E-state index in [0.717, 1.165) is 29.1 Å². The first kappa shape index (κ1) is 19.5. The van der Waals surface area contributed by atoms with Gasteiger partial charge in [-0.15, -0.1) is 0 Å². The van der Waals surface area contributed by atoms with E-state index in [1.54, 1.807) is 24.3 Å². The third-order valence-electron chi connectivity index (χ3n) is 4.97. The number of amides is 1. The van der Waals surface area contributed by atoms with Crippen LogP contribution in [0, 0.1) is 0 Å². The van der Waals surface area contributed by atoms with Crippen LogP contribution < -0.4 is 0 Å². The number of carbonyl (C=O) groups is 1. The van der Waals surface area contributed by atoms with Crippen LogP contribution in [0.5, 0.6) is 0 Å². The number of sulfone groups is 1. The van der Waals surface area contributed by atoms with E-state index in [4.69, 9.17) is 0 Å². The number of carbonyl (C=O) groups excluding carboxylic acids is 1. The number of nitrogens with zero attached hydrogens (tertiary/aromatic N) is 3. The van der Waals surface area contributed by atoms with Gasteiger partial charge >= 0.3 is 0 Å². The van der Waals surface area contributed by atoms with E-state index >= 15 is 0 Å². The van der Waals surface area contributed by atoms with Crippen molar-refractivity contribution in [3.63, 3.8) is 0 Å². The van der Waals surface area contributed by atoms with E-state index in [-0.39, 0.29) is 22.6 Å². The van der Waals surface area contributed by atoms with Crippen molar-refractivity contribution in [1.82, 2.24) is 14.9 Å². The molecule has 0 saturated heterocycles. The standard InChI is InChI=1S/C20H25N3O3S/c1-13(2)19-21-11-16-9-10-23(12-18(16)22-19)20(24)14(3)15-5-7-17(8-6-15)27(4,25)26/h5-8,11,13-14H,9-10,12H2,1-4H3. The summed E-state index contributed by atoms with van der Waals surface area (Å²) in [5.41, 5.74) is 2.84. The molecule has 1 aliphatic heterocycles. The smallest absolute Gasteiger partial charge is 0.230 e. The van der Waals surface area contributed by atoms with E-state index < -0.39 is 9.84 Å². The molecule has 144 valence electrons. The lowest BCUT2D eigenvalue weighted by atomic mass is 9.98. The highest BCUT2D eigenvalue weighted by Gasteiger charge is 2.27. The first-order chi connectivity index (χ1) is 12.7. The van der Waals surface area contributed by atoms with Crippen LogP contribution in [0.25, 0.3) is 0 Å². The van der Waals surface area contributed by atoms with Crippen molar-refractivity contribution in [2.75, 3.05) is 12.8 Å². The summed E-state index contributed by atoms with van der Waals surface area (Å²) in [5.74, 6) is 0.727. The Morgan fingerprint density at radius 3 is 2.41 bits per heavy atom. The Balaban J connectivity index is 1.77. The minimum absolute atomic E-state index is 0.0254. The quantitative estimate of drug-likeness (QED) is 0.806. The number of hydrogen-bond acceptors (Lipinski definition) is 5. The second-order valence-electron chi connectivity index (χ2n) is 7.43. The van der Waals surface area contributed by atoms with Crippen molar-refractivity contribution in [1.29, 1.82) is 0 Å². The summed E-state index contributed by atoms with van der Waals surface area (Å²) in [5, 5.41) is 0. The molecule has 0 fully saturated rings. The minimum atomic E-state index is -3.24. The normalized spacial score (nSPS) is 15.5. The Kier molecular flexibility index (Phi) is 5.33. The zero-order chi connectivity index (χ0) is 19.8. The lowest BCUT2D eigenvalue weighted by Gasteiger charge is -2.30. The molecule has 0 radical (unpaired) electrons. The predicted molar refractivity (Wildman–Crippen MR) is 103 cm³/mol. The van der Waals surface area contributed by atoms with Gasteiger partial charge in [0, 0.05) is 24.9 Å². The molecule has 0 saturated carbocycles. The fourth-order valence-electron chi connectivity index (χ4n) is 3.20. The van der Waals surface area contributed by atoms with Crippen LogP contribution in [-0.4, -0.2) is 42.0 Å². The lowest BCUT2D eigenvalue weighted by Crippen LogP contribution is -2.39. The average Bonchev–Trinajstić information content (AvgIpc) is 2.65. The molecule has 0 N–H and O–H groups in total. The van der Waals surface area contributed by atoms with Gasteiger partial charge in [0.2, 0.25) is 5.91 Å². The van der Waals surface area contributed by atoms with Gasteiger partial charge in [-0.05, 0) is 36.6 Å². The highest BCUT2D eigenvalue weighted by atomic mass is 32.2. The van der Waals surface area contributed by atoms with Crippen molar-refractivity contribution in [3.05, 3.63) is 53.1 Å². The Morgan fingerprint density at radius 2 is 1.81 bits per heavy atom. The third-order valence-corrected chi connectivity index (χ3v) is 6.10. The molecule has 1 aromatic carbocycles. The lowest BCUT2D eigenvalue weighted by molar-refractivity contribution is -0.133. The van der Waals surface area contributed by atoms with Gasteiger partial charge in [0.25, 0.3) is 0 Å². The molecular formula is C20H25N3O3S. The van der Waals surface area contributed by atoms with Gasteiger partial charge in [-0.25, -0.2) is 18.4 Å². The van der Waals surface area contributed by atoms with Gasteiger partial charge in [-0.1, -0.05) is 26.0 Å². The van der Waals surface area contributed by atoms with Crippen LogP contribution in [0.3, 0.4) is 0 Å². The van der Waals surface area contributed by atoms with E-state index in [9.17, 15) is 13.2 Å². The minimum Gasteiger partial charge on any atom is -0.336 e. The van der Waals surface area contributed by atoms with E-state index in [1.807, 2.05) is 18.0 Å². The third kappa shape index (κ3) is 4.18. The van der Waals surface area contributed by atoms with Crippen LogP contribution in [-0.2, 0) is 27.6 Å². The zero-order valence-corrected chi connectivity index (χ0v) is 17.0. The van der Waals surface area contributed by atoms with Crippen LogP contribution in [0.1, 0.15) is 55.3 Å². The fraction of sp³-hybridized carbons (Fsp3) is 0.450. The Morgan fingerprint density at radius 1 is 1.15 bits per heavy atom. The fourth-order valence-corrected chi connectivity index (χ4v) is 3.84. The Labute approximate surface area is 160 Å². The average molecular weight is 388 g/mol. The maximum atomic E-state index is 13.0. The molecule has 2 aromatic rings. The molecule has 1 atom stereocenters. The molecule has 1 unspecified atom stereocenters. The molecule has 1 aliphatic rings. The van der Waals surface area contributed by atoms with E-state index in [2.05, 4.69) is 23.8 Å². The van der Waals surface area contributed by atoms with Crippen LogP contribution >= 0.6 is 0 Å². The largest absolute Gasteiger partial charge is 0.336 e. The van der Waals surface area contributed by atoms with E-state index in [0.29, 0.717) is 13.1 Å². The molecule has 1 amide bonds. The second-order valence-corrected chi connectivity index (χ2v) is 9.44. The molecule has 6 nitrogen and oxygen atoms in total. The molecule has 7 heteroatoms. The molecule has 1 aromatic heterocycles. The summed E-state index contributed by atoms with van der Waals surface area (Å²) in [6, 6.07) is 6.55. The molecule has 2 heterocycles. The first-order valence-corrected chi connectivity index (χ1v) is 11.0. The van der Waals surface area contributed by atoms with Crippen molar-refractivity contribution in [2.24, 2.45) is 0 Å². The van der Waals surface area contributed by atoms with Gasteiger partial charge in [0.05, 0.1) is 23.1 Å². The summed E-state index contributed by atoms with van der Waals surface area (Å²) in [6.45, 7) is 7.09. The molecule has 0 bridgehead atoms.